The van der Waals surface area contributed by atoms with Crippen molar-refractivity contribution in [2.45, 2.75) is 33.6 Å². The van der Waals surface area contributed by atoms with E-state index in [0.29, 0.717) is 5.92 Å². The highest BCUT2D eigenvalue weighted by atomic mass is 15.2. The van der Waals surface area contributed by atoms with Crippen LogP contribution in [-0.2, 0) is 0 Å². The monoisotopic (exact) mass is 582 g/mol. The molecule has 0 N–H and O–H groups in total. The maximum atomic E-state index is 2.44. The molecule has 2 nitrogen and oxygen atoms in total. The fourth-order valence-corrected chi connectivity index (χ4v) is 6.35. The third-order valence-electron chi connectivity index (χ3n) is 8.72. The van der Waals surface area contributed by atoms with Gasteiger partial charge in [0.1, 0.15) is 0 Å². The summed E-state index contributed by atoms with van der Waals surface area (Å²) in [5, 5.41) is 4.85. The van der Waals surface area contributed by atoms with Gasteiger partial charge in [-0.05, 0) is 79.9 Å². The molecule has 0 heterocycles. The van der Waals surface area contributed by atoms with E-state index in [1.807, 2.05) is 0 Å². The van der Waals surface area contributed by atoms with E-state index in [9.17, 15) is 0 Å². The Kier molecular flexibility index (Phi) is 7.57. The number of fused-ring (bicyclic) bond motifs is 2. The van der Waals surface area contributed by atoms with Crippen molar-refractivity contribution in [2.75, 3.05) is 9.80 Å². The van der Waals surface area contributed by atoms with Crippen molar-refractivity contribution in [3.05, 3.63) is 168 Å². The number of nitrogens with zero attached hydrogens (tertiary/aromatic N) is 2. The molecule has 0 bridgehead atoms. The Hall–Kier alpha value is -5.34. The van der Waals surface area contributed by atoms with Gasteiger partial charge in [-0.3, -0.25) is 0 Å². The number of rotatable bonds is 7. The molecule has 7 aromatic rings. The third kappa shape index (κ3) is 5.34. The highest BCUT2D eigenvalue weighted by Gasteiger charge is 2.25. The van der Waals surface area contributed by atoms with Crippen molar-refractivity contribution in [3.63, 3.8) is 0 Å². The van der Waals surface area contributed by atoms with Gasteiger partial charge in [0.2, 0.25) is 0 Å². The van der Waals surface area contributed by atoms with Gasteiger partial charge in [-0.1, -0.05) is 122 Å². The van der Waals surface area contributed by atoms with Crippen molar-refractivity contribution in [1.29, 1.82) is 0 Å². The van der Waals surface area contributed by atoms with Crippen LogP contribution in [0.15, 0.2) is 152 Å². The predicted octanol–water partition coefficient (Wildman–Crippen LogP) is 12.7. The second-order valence-electron chi connectivity index (χ2n) is 12.2. The summed E-state index contributed by atoms with van der Waals surface area (Å²) in [4.78, 5) is 4.87. The molecule has 7 rings (SSSR count). The zero-order valence-electron chi connectivity index (χ0n) is 26.4. The number of anilines is 6. The first kappa shape index (κ1) is 28.4. The summed E-state index contributed by atoms with van der Waals surface area (Å²) in [7, 11) is 0. The molecule has 0 aliphatic heterocycles. The predicted molar refractivity (Wildman–Crippen MR) is 194 cm³/mol. The summed E-state index contributed by atoms with van der Waals surface area (Å²) in [6.45, 7) is 8.85. The van der Waals surface area contributed by atoms with Gasteiger partial charge in [-0.2, -0.15) is 0 Å². The van der Waals surface area contributed by atoms with Gasteiger partial charge in [0.05, 0.1) is 11.4 Å². The zero-order chi connectivity index (χ0) is 30.9. The minimum Gasteiger partial charge on any atom is -0.309 e. The topological polar surface area (TPSA) is 6.48 Å². The zero-order valence-corrected chi connectivity index (χ0v) is 26.4. The average molecular weight is 583 g/mol. The third-order valence-corrected chi connectivity index (χ3v) is 8.72. The van der Waals surface area contributed by atoms with Crippen LogP contribution in [0, 0.1) is 13.8 Å². The average Bonchev–Trinajstić information content (AvgIpc) is 3.08. The number of hydrogen-bond acceptors (Lipinski definition) is 2. The lowest BCUT2D eigenvalue weighted by molar-refractivity contribution is 0.869. The Morgan fingerprint density at radius 2 is 0.756 bits per heavy atom. The summed E-state index contributed by atoms with van der Waals surface area (Å²) >= 11 is 0. The molecule has 0 aliphatic rings. The first-order valence-corrected chi connectivity index (χ1v) is 15.8. The lowest BCUT2D eigenvalue weighted by Crippen LogP contribution is -2.14. The molecule has 0 aliphatic carbocycles. The summed E-state index contributed by atoms with van der Waals surface area (Å²) in [6.07, 6.45) is 0. The Bertz CT molecular complexity index is 2080. The molecule has 0 aromatic heterocycles. The van der Waals surface area contributed by atoms with Crippen LogP contribution in [0.3, 0.4) is 0 Å². The Morgan fingerprint density at radius 3 is 1.20 bits per heavy atom. The molecule has 0 fully saturated rings. The van der Waals surface area contributed by atoms with Crippen LogP contribution < -0.4 is 9.80 Å². The quantitative estimate of drug-likeness (QED) is 0.136. The van der Waals surface area contributed by atoms with Crippen molar-refractivity contribution < 1.29 is 0 Å². The number of para-hydroxylation sites is 2. The van der Waals surface area contributed by atoms with Crippen LogP contribution in [0.1, 0.15) is 36.5 Å². The van der Waals surface area contributed by atoms with Gasteiger partial charge < -0.3 is 9.80 Å². The molecule has 0 unspecified atom stereocenters. The van der Waals surface area contributed by atoms with Crippen LogP contribution in [0.25, 0.3) is 21.5 Å². The van der Waals surface area contributed by atoms with Gasteiger partial charge >= 0.3 is 0 Å². The van der Waals surface area contributed by atoms with Crippen LogP contribution in [0.5, 0.6) is 0 Å². The van der Waals surface area contributed by atoms with E-state index >= 15 is 0 Å². The molecular formula is C43H38N2. The second kappa shape index (κ2) is 12.0. The Morgan fingerprint density at radius 1 is 0.378 bits per heavy atom. The van der Waals surface area contributed by atoms with E-state index in [-0.39, 0.29) is 0 Å². The van der Waals surface area contributed by atoms with Gasteiger partial charge in [-0.15, -0.1) is 0 Å². The first-order chi connectivity index (χ1) is 22.0. The molecule has 0 spiro atoms. The standard InChI is InChI=1S/C43H38N2/c1-30(2)33-23-28-40-41(29-33)43(45(35-15-9-6-10-16-35)37-26-21-32(4)22-27-37)39-18-12-11-17-38(39)42(40)44(34-13-7-5-8-14-34)36-24-19-31(3)20-25-36/h5-30H,1-4H3. The molecular weight excluding hydrogens is 544 g/mol. The lowest BCUT2D eigenvalue weighted by atomic mass is 9.92. The van der Waals surface area contributed by atoms with E-state index in [4.69, 9.17) is 0 Å². The molecule has 0 saturated heterocycles. The second-order valence-corrected chi connectivity index (χ2v) is 12.2. The highest BCUT2D eigenvalue weighted by molar-refractivity contribution is 6.23. The molecule has 0 amide bonds. The Labute approximate surface area is 266 Å². The van der Waals surface area contributed by atoms with E-state index in [1.165, 1.54) is 49.6 Å². The summed E-state index contributed by atoms with van der Waals surface area (Å²) < 4.78 is 0. The fourth-order valence-electron chi connectivity index (χ4n) is 6.35. The minimum absolute atomic E-state index is 0.393. The van der Waals surface area contributed by atoms with Crippen molar-refractivity contribution in [2.24, 2.45) is 0 Å². The van der Waals surface area contributed by atoms with E-state index in [0.717, 1.165) is 22.7 Å². The molecule has 0 saturated carbocycles. The van der Waals surface area contributed by atoms with Crippen LogP contribution >= 0.6 is 0 Å². The fraction of sp³-hybridized carbons (Fsp3) is 0.116. The van der Waals surface area contributed by atoms with E-state index < -0.39 is 0 Å². The smallest absolute Gasteiger partial charge is 0.0620 e. The SMILES string of the molecule is Cc1ccc(N(c2ccccc2)c2c3ccccc3c(N(c3ccccc3)c3ccc(C)cc3)c3cc(C(C)C)ccc23)cc1. The normalized spacial score (nSPS) is 11.3. The van der Waals surface area contributed by atoms with Crippen LogP contribution in [0.2, 0.25) is 0 Å². The summed E-state index contributed by atoms with van der Waals surface area (Å²) in [5.74, 6) is 0.393. The largest absolute Gasteiger partial charge is 0.309 e. The minimum atomic E-state index is 0.393. The molecule has 0 atom stereocenters. The summed E-state index contributed by atoms with van der Waals surface area (Å²) in [5.41, 5.74) is 10.7. The van der Waals surface area contributed by atoms with Crippen molar-refractivity contribution in [1.82, 2.24) is 0 Å². The molecule has 0 radical (unpaired) electrons. The molecule has 220 valence electrons. The first-order valence-electron chi connectivity index (χ1n) is 15.8. The van der Waals surface area contributed by atoms with Crippen LogP contribution in [0.4, 0.5) is 34.1 Å². The van der Waals surface area contributed by atoms with Crippen LogP contribution in [-0.4, -0.2) is 0 Å². The maximum Gasteiger partial charge on any atom is 0.0620 e. The van der Waals surface area contributed by atoms with Gasteiger partial charge in [0.25, 0.3) is 0 Å². The molecule has 7 aromatic carbocycles. The van der Waals surface area contributed by atoms with Crippen molar-refractivity contribution >= 4 is 55.7 Å². The summed E-state index contributed by atoms with van der Waals surface area (Å²) in [6, 6.07) is 55.3. The van der Waals surface area contributed by atoms with Crippen molar-refractivity contribution in [3.8, 4) is 0 Å². The maximum absolute atomic E-state index is 2.44. The van der Waals surface area contributed by atoms with E-state index in [1.54, 1.807) is 0 Å². The number of aryl methyl sites for hydroxylation is 2. The lowest BCUT2D eigenvalue weighted by Gasteiger charge is -2.33. The van der Waals surface area contributed by atoms with Gasteiger partial charge in [-0.25, -0.2) is 0 Å². The van der Waals surface area contributed by atoms with E-state index in [2.05, 4.69) is 189 Å². The highest BCUT2D eigenvalue weighted by Crippen LogP contribution is 2.51. The number of benzene rings is 7. The van der Waals surface area contributed by atoms with Gasteiger partial charge in [0, 0.05) is 44.3 Å². The number of hydrogen-bond donors (Lipinski definition) is 0. The molecule has 2 heteroatoms. The molecule has 45 heavy (non-hydrogen) atoms. The Balaban J connectivity index is 1.65. The van der Waals surface area contributed by atoms with Gasteiger partial charge in [0.15, 0.2) is 0 Å².